The molecule has 0 N–H and O–H groups in total. The van der Waals surface area contributed by atoms with Crippen LogP contribution in [-0.2, 0) is 11.3 Å². The molecule has 1 aromatic rings. The summed E-state index contributed by atoms with van der Waals surface area (Å²) < 4.78 is 38.4. The Morgan fingerprint density at radius 2 is 2.24 bits per heavy atom. The second-order valence-corrected chi connectivity index (χ2v) is 3.87. The van der Waals surface area contributed by atoms with Crippen molar-refractivity contribution in [3.63, 3.8) is 0 Å². The van der Waals surface area contributed by atoms with Gasteiger partial charge >= 0.3 is 6.18 Å². The molecular formula is C8H10F3N5O. The molecule has 1 aliphatic heterocycles. The third kappa shape index (κ3) is 2.71. The highest BCUT2D eigenvalue weighted by molar-refractivity contribution is 5.76. The molecule has 1 aliphatic rings. The van der Waals surface area contributed by atoms with Crippen LogP contribution in [-0.4, -0.2) is 50.3 Å². The van der Waals surface area contributed by atoms with Gasteiger partial charge in [0.05, 0.1) is 5.92 Å². The molecule has 94 valence electrons. The zero-order valence-electron chi connectivity index (χ0n) is 8.76. The van der Waals surface area contributed by atoms with Crippen LogP contribution < -0.4 is 0 Å². The fourth-order valence-electron chi connectivity index (χ4n) is 1.75. The predicted octanol–water partition coefficient (Wildman–Crippen LogP) is 0.0839. The van der Waals surface area contributed by atoms with E-state index in [1.165, 1.54) is 15.9 Å². The molecule has 0 aliphatic carbocycles. The highest BCUT2D eigenvalue weighted by Crippen LogP contribution is 2.33. The molecule has 9 heteroatoms. The lowest BCUT2D eigenvalue weighted by atomic mass is 10.1. The van der Waals surface area contributed by atoms with E-state index in [1.54, 1.807) is 0 Å². The first-order valence-electron chi connectivity index (χ1n) is 5.02. The summed E-state index contributed by atoms with van der Waals surface area (Å²) >= 11 is 0. The molecule has 1 atom stereocenters. The summed E-state index contributed by atoms with van der Waals surface area (Å²) in [6, 6.07) is 0. The second kappa shape index (κ2) is 4.30. The van der Waals surface area contributed by atoms with Gasteiger partial charge in [-0.1, -0.05) is 0 Å². The van der Waals surface area contributed by atoms with Crippen LogP contribution in [0.3, 0.4) is 0 Å². The quantitative estimate of drug-likeness (QED) is 0.744. The van der Waals surface area contributed by atoms with Crippen molar-refractivity contribution in [2.75, 3.05) is 13.1 Å². The van der Waals surface area contributed by atoms with Crippen molar-refractivity contribution in [1.82, 2.24) is 25.1 Å². The van der Waals surface area contributed by atoms with Gasteiger partial charge in [-0.2, -0.15) is 13.2 Å². The monoisotopic (exact) mass is 249 g/mol. The second-order valence-electron chi connectivity index (χ2n) is 3.87. The summed E-state index contributed by atoms with van der Waals surface area (Å²) in [6.45, 7) is -0.271. The molecule has 2 rings (SSSR count). The number of aromatic nitrogens is 4. The van der Waals surface area contributed by atoms with E-state index in [1.807, 2.05) is 0 Å². The maximum atomic E-state index is 12.4. The number of rotatable bonds is 2. The van der Waals surface area contributed by atoms with Crippen molar-refractivity contribution in [3.8, 4) is 0 Å². The fraction of sp³-hybridized carbons (Fsp3) is 0.750. The Morgan fingerprint density at radius 1 is 1.47 bits per heavy atom. The van der Waals surface area contributed by atoms with Gasteiger partial charge in [0.25, 0.3) is 0 Å². The van der Waals surface area contributed by atoms with Gasteiger partial charge in [0.2, 0.25) is 5.91 Å². The Hall–Kier alpha value is -1.67. The first-order chi connectivity index (χ1) is 7.97. The van der Waals surface area contributed by atoms with Crippen LogP contribution in [0.2, 0.25) is 0 Å². The molecule has 0 spiro atoms. The average molecular weight is 249 g/mol. The molecule has 1 saturated heterocycles. The number of likely N-dealkylation sites (tertiary alicyclic amines) is 1. The van der Waals surface area contributed by atoms with Gasteiger partial charge in [0.1, 0.15) is 12.9 Å². The lowest BCUT2D eigenvalue weighted by Gasteiger charge is -2.17. The van der Waals surface area contributed by atoms with Crippen molar-refractivity contribution in [2.24, 2.45) is 5.92 Å². The van der Waals surface area contributed by atoms with Crippen molar-refractivity contribution >= 4 is 5.91 Å². The highest BCUT2D eigenvalue weighted by atomic mass is 19.4. The Kier molecular flexibility index (Phi) is 2.99. The number of amides is 1. The number of nitrogens with zero attached hydrogens (tertiary/aromatic N) is 5. The topological polar surface area (TPSA) is 63.9 Å². The van der Waals surface area contributed by atoms with Gasteiger partial charge in [-0.25, -0.2) is 4.68 Å². The SMILES string of the molecule is O=C(Cn1cnnn1)N1CCC(C(F)(F)F)C1. The molecular weight excluding hydrogens is 239 g/mol. The first-order valence-corrected chi connectivity index (χ1v) is 5.02. The lowest BCUT2D eigenvalue weighted by Crippen LogP contribution is -2.34. The first kappa shape index (κ1) is 11.8. The van der Waals surface area contributed by atoms with Crippen LogP contribution >= 0.6 is 0 Å². The zero-order chi connectivity index (χ0) is 12.5. The molecule has 0 saturated carbocycles. The third-order valence-corrected chi connectivity index (χ3v) is 2.69. The molecule has 1 fully saturated rings. The number of alkyl halides is 3. The van der Waals surface area contributed by atoms with Crippen LogP contribution in [0, 0.1) is 5.92 Å². The standard InChI is InChI=1S/C8H10F3N5O/c9-8(10,11)6-1-2-15(3-6)7(17)4-16-5-12-13-14-16/h5-6H,1-4H2. The van der Waals surface area contributed by atoms with Crippen LogP contribution in [0.1, 0.15) is 6.42 Å². The van der Waals surface area contributed by atoms with E-state index in [4.69, 9.17) is 0 Å². The summed E-state index contributed by atoms with van der Waals surface area (Å²) in [5.41, 5.74) is 0. The average Bonchev–Trinajstić information content (AvgIpc) is 2.85. The lowest BCUT2D eigenvalue weighted by molar-refractivity contribution is -0.171. The normalized spacial score (nSPS) is 20.9. The van der Waals surface area contributed by atoms with Gasteiger partial charge in [-0.15, -0.1) is 5.10 Å². The summed E-state index contributed by atoms with van der Waals surface area (Å²) in [4.78, 5) is 12.8. The summed E-state index contributed by atoms with van der Waals surface area (Å²) in [5.74, 6) is -1.82. The summed E-state index contributed by atoms with van der Waals surface area (Å²) in [5, 5.41) is 10.2. The summed E-state index contributed by atoms with van der Waals surface area (Å²) in [6.07, 6.45) is -3.02. The minimum Gasteiger partial charge on any atom is -0.340 e. The maximum absolute atomic E-state index is 12.4. The molecule has 0 aromatic carbocycles. The molecule has 1 unspecified atom stereocenters. The smallest absolute Gasteiger partial charge is 0.340 e. The van der Waals surface area contributed by atoms with E-state index in [0.717, 1.165) is 0 Å². The Bertz CT molecular complexity index is 390. The van der Waals surface area contributed by atoms with Crippen LogP contribution in [0.25, 0.3) is 0 Å². The number of hydrogen-bond acceptors (Lipinski definition) is 4. The molecule has 2 heterocycles. The Labute approximate surface area is 94.4 Å². The van der Waals surface area contributed by atoms with E-state index < -0.39 is 18.0 Å². The molecule has 1 amide bonds. The fourth-order valence-corrected chi connectivity index (χ4v) is 1.75. The van der Waals surface area contributed by atoms with Crippen LogP contribution in [0.5, 0.6) is 0 Å². The largest absolute Gasteiger partial charge is 0.393 e. The van der Waals surface area contributed by atoms with Crippen molar-refractivity contribution in [1.29, 1.82) is 0 Å². The van der Waals surface area contributed by atoms with Gasteiger partial charge in [0.15, 0.2) is 0 Å². The van der Waals surface area contributed by atoms with Gasteiger partial charge < -0.3 is 4.90 Å². The van der Waals surface area contributed by atoms with Crippen LogP contribution in [0.4, 0.5) is 13.2 Å². The molecule has 0 radical (unpaired) electrons. The molecule has 0 bridgehead atoms. The number of hydrogen-bond donors (Lipinski definition) is 0. The van der Waals surface area contributed by atoms with Crippen LogP contribution in [0.15, 0.2) is 6.33 Å². The van der Waals surface area contributed by atoms with E-state index in [2.05, 4.69) is 15.5 Å². The number of carbonyl (C=O) groups is 1. The third-order valence-electron chi connectivity index (χ3n) is 2.69. The summed E-state index contributed by atoms with van der Waals surface area (Å²) in [7, 11) is 0. The minimum absolute atomic E-state index is 0.0369. The number of tetrazole rings is 1. The van der Waals surface area contributed by atoms with Gasteiger partial charge in [-0.3, -0.25) is 4.79 Å². The maximum Gasteiger partial charge on any atom is 0.393 e. The van der Waals surface area contributed by atoms with Crippen molar-refractivity contribution in [3.05, 3.63) is 6.33 Å². The van der Waals surface area contributed by atoms with E-state index in [0.29, 0.717) is 0 Å². The zero-order valence-corrected chi connectivity index (χ0v) is 8.76. The molecule has 17 heavy (non-hydrogen) atoms. The van der Waals surface area contributed by atoms with E-state index >= 15 is 0 Å². The van der Waals surface area contributed by atoms with E-state index in [9.17, 15) is 18.0 Å². The predicted molar refractivity (Wildman–Crippen MR) is 48.6 cm³/mol. The van der Waals surface area contributed by atoms with Crippen molar-refractivity contribution in [2.45, 2.75) is 19.1 Å². The van der Waals surface area contributed by atoms with E-state index in [-0.39, 0.29) is 26.1 Å². The highest BCUT2D eigenvalue weighted by Gasteiger charge is 2.44. The minimum atomic E-state index is -4.23. The molecule has 6 nitrogen and oxygen atoms in total. The Balaban J connectivity index is 1.90. The van der Waals surface area contributed by atoms with Gasteiger partial charge in [-0.05, 0) is 16.8 Å². The number of halogens is 3. The Morgan fingerprint density at radius 3 is 2.76 bits per heavy atom. The van der Waals surface area contributed by atoms with Crippen molar-refractivity contribution < 1.29 is 18.0 Å². The molecule has 1 aromatic heterocycles. The van der Waals surface area contributed by atoms with Gasteiger partial charge in [0, 0.05) is 13.1 Å². The number of carbonyl (C=O) groups excluding carboxylic acids is 1.